The van der Waals surface area contributed by atoms with E-state index in [1.54, 1.807) is 6.92 Å². The molecule has 0 unspecified atom stereocenters. The van der Waals surface area contributed by atoms with Crippen LogP contribution in [0.25, 0.3) is 0 Å². The third kappa shape index (κ3) is 4.73. The Balaban J connectivity index is 3.17. The minimum atomic E-state index is -3.19. The molecule has 0 radical (unpaired) electrons. The van der Waals surface area contributed by atoms with Crippen molar-refractivity contribution in [1.82, 2.24) is 0 Å². The average Bonchev–Trinajstić information content (AvgIpc) is 1.35. The molecule has 0 aromatic heterocycles. The van der Waals surface area contributed by atoms with Gasteiger partial charge in [0.05, 0.1) is 0 Å². The molecular weight excluding hydrogens is 142 g/mol. The molecule has 0 heterocycles. The smallest absolute Gasteiger partial charge is 0.272 e. The summed E-state index contributed by atoms with van der Waals surface area (Å²) in [5.41, 5.74) is 0. The van der Waals surface area contributed by atoms with E-state index in [1.165, 1.54) is 0 Å². The van der Waals surface area contributed by atoms with E-state index in [-0.39, 0.29) is 6.04 Å². The normalized spacial score (nSPS) is 12.0. The van der Waals surface area contributed by atoms with Crippen LogP contribution in [0.15, 0.2) is 0 Å². The van der Waals surface area contributed by atoms with E-state index in [4.69, 9.17) is 22.2 Å². The Bertz CT molecular complexity index is 41.3. The van der Waals surface area contributed by atoms with Crippen LogP contribution in [0, 0.1) is 0 Å². The van der Waals surface area contributed by atoms with E-state index >= 15 is 0 Å². The van der Waals surface area contributed by atoms with Crippen molar-refractivity contribution in [3.05, 3.63) is 0 Å². The van der Waals surface area contributed by atoms with Crippen LogP contribution >= 0.6 is 22.2 Å². The number of hydrogen-bond acceptors (Lipinski definition) is 0. The van der Waals surface area contributed by atoms with Crippen LogP contribution in [0.3, 0.4) is 0 Å². The molecule has 0 aliphatic carbocycles. The lowest BCUT2D eigenvalue weighted by molar-refractivity contribution is 0.839. The molecule has 0 aromatic carbocycles. The fourth-order valence-corrected chi connectivity index (χ4v) is 0. The van der Waals surface area contributed by atoms with Crippen LogP contribution in [0.2, 0.25) is 6.04 Å². The fourth-order valence-electron chi connectivity index (χ4n) is 0. The van der Waals surface area contributed by atoms with E-state index in [2.05, 4.69) is 0 Å². The lowest BCUT2D eigenvalue weighted by Crippen LogP contribution is -2.06. The maximum absolute atomic E-state index is 11.8. The molecule has 6 heavy (non-hydrogen) atoms. The minimum Gasteiger partial charge on any atom is -0.272 e. The van der Waals surface area contributed by atoms with Crippen molar-refractivity contribution < 1.29 is 4.11 Å². The molecule has 0 N–H and O–H groups in total. The first kappa shape index (κ1) is 6.73. The molecule has 0 aromatic rings. The molecule has 0 atom stereocenters. The minimum absolute atomic E-state index is 0.274. The van der Waals surface area contributed by atoms with Crippen molar-refractivity contribution >= 4 is 29.2 Å². The van der Waals surface area contributed by atoms with E-state index in [9.17, 15) is 4.11 Å². The number of hydrogen-bond donors (Lipinski definition) is 0. The molecule has 0 saturated carbocycles. The molecule has 0 bridgehead atoms. The Morgan fingerprint density at radius 3 is 1.83 bits per heavy atom. The van der Waals surface area contributed by atoms with Crippen LogP contribution in [0.4, 0.5) is 4.11 Å². The summed E-state index contributed by atoms with van der Waals surface area (Å²) in [5, 5.41) is 0. The average molecular weight is 147 g/mol. The number of halogens is 3. The molecule has 0 aliphatic rings. The zero-order valence-corrected chi connectivity index (χ0v) is 5.85. The van der Waals surface area contributed by atoms with Crippen molar-refractivity contribution in [2.45, 2.75) is 13.0 Å². The topological polar surface area (TPSA) is 0 Å². The Kier molecular flexibility index (Phi) is 2.40. The van der Waals surface area contributed by atoms with Crippen molar-refractivity contribution in [3.63, 3.8) is 0 Å². The van der Waals surface area contributed by atoms with Crippen molar-refractivity contribution in [1.29, 1.82) is 0 Å². The Hall–Kier alpha value is 0.727. The summed E-state index contributed by atoms with van der Waals surface area (Å²) in [6.07, 6.45) is 0. The molecule has 0 rings (SSSR count). The van der Waals surface area contributed by atoms with Gasteiger partial charge in [-0.05, 0) is 6.04 Å². The molecule has 0 nitrogen and oxygen atoms in total. The van der Waals surface area contributed by atoms with E-state index < -0.39 is 7.03 Å². The second kappa shape index (κ2) is 2.14. The zero-order chi connectivity index (χ0) is 5.21. The largest absolute Gasteiger partial charge is 0.432 e. The summed E-state index contributed by atoms with van der Waals surface area (Å²) in [5.74, 6) is 0. The van der Waals surface area contributed by atoms with Crippen LogP contribution in [0.1, 0.15) is 6.92 Å². The standard InChI is InChI=1S/C2H5Cl2FSi/c1-2-6(3,4)5/h2H2,1H3. The summed E-state index contributed by atoms with van der Waals surface area (Å²) in [6.45, 7) is 1.63. The van der Waals surface area contributed by atoms with Gasteiger partial charge < -0.3 is 0 Å². The van der Waals surface area contributed by atoms with E-state index in [1.807, 2.05) is 0 Å². The lowest BCUT2D eigenvalue weighted by Gasteiger charge is -1.95. The molecule has 0 spiro atoms. The van der Waals surface area contributed by atoms with Gasteiger partial charge in [0.2, 0.25) is 0 Å². The van der Waals surface area contributed by atoms with Crippen molar-refractivity contribution in [2.75, 3.05) is 0 Å². The molecule has 4 heteroatoms. The summed E-state index contributed by atoms with van der Waals surface area (Å²) < 4.78 is 11.8. The van der Waals surface area contributed by atoms with Gasteiger partial charge in [0.15, 0.2) is 0 Å². The molecule has 0 amide bonds. The summed E-state index contributed by atoms with van der Waals surface area (Å²) in [7, 11) is -3.19. The third-order valence-electron chi connectivity index (χ3n) is 0.401. The fraction of sp³-hybridized carbons (Fsp3) is 1.00. The first-order valence-corrected chi connectivity index (χ1v) is 5.74. The second-order valence-electron chi connectivity index (χ2n) is 0.969. The highest BCUT2D eigenvalue weighted by molar-refractivity contribution is 7.42. The van der Waals surface area contributed by atoms with Crippen molar-refractivity contribution in [2.24, 2.45) is 0 Å². The Morgan fingerprint density at radius 2 is 1.83 bits per heavy atom. The van der Waals surface area contributed by atoms with Gasteiger partial charge in [0, 0.05) is 0 Å². The van der Waals surface area contributed by atoms with Gasteiger partial charge in [-0.3, -0.25) is 4.11 Å². The maximum Gasteiger partial charge on any atom is 0.432 e. The summed E-state index contributed by atoms with van der Waals surface area (Å²) in [4.78, 5) is 0. The number of rotatable bonds is 1. The van der Waals surface area contributed by atoms with Gasteiger partial charge in [0.25, 0.3) is 0 Å². The maximum atomic E-state index is 11.8. The van der Waals surface area contributed by atoms with Crippen LogP contribution in [-0.2, 0) is 0 Å². The highest BCUT2D eigenvalue weighted by Gasteiger charge is 2.24. The van der Waals surface area contributed by atoms with Gasteiger partial charge in [-0.15, -0.1) is 22.2 Å². The molecule has 0 fully saturated rings. The van der Waals surface area contributed by atoms with Gasteiger partial charge in [-0.25, -0.2) is 0 Å². The van der Waals surface area contributed by atoms with Gasteiger partial charge in [0.1, 0.15) is 0 Å². The highest BCUT2D eigenvalue weighted by Crippen LogP contribution is 2.19. The first-order chi connectivity index (χ1) is 2.56. The van der Waals surface area contributed by atoms with Crippen LogP contribution in [0.5, 0.6) is 0 Å². The Morgan fingerprint density at radius 1 is 1.67 bits per heavy atom. The van der Waals surface area contributed by atoms with E-state index in [0.717, 1.165) is 0 Å². The monoisotopic (exact) mass is 146 g/mol. The third-order valence-corrected chi connectivity index (χ3v) is 2.81. The molecule has 0 saturated heterocycles. The van der Waals surface area contributed by atoms with E-state index in [0.29, 0.717) is 0 Å². The SMILES string of the molecule is CC[Si](F)(Cl)Cl. The lowest BCUT2D eigenvalue weighted by atomic mass is 11.0. The van der Waals surface area contributed by atoms with Gasteiger partial charge >= 0.3 is 7.03 Å². The molecule has 38 valence electrons. The van der Waals surface area contributed by atoms with Crippen molar-refractivity contribution in [3.8, 4) is 0 Å². The van der Waals surface area contributed by atoms with Crippen LogP contribution in [-0.4, -0.2) is 7.03 Å². The second-order valence-corrected chi connectivity index (χ2v) is 7.08. The molecular formula is C2H5Cl2FSi. The first-order valence-electron chi connectivity index (χ1n) is 1.63. The zero-order valence-electron chi connectivity index (χ0n) is 3.34. The quantitative estimate of drug-likeness (QED) is 0.394. The van der Waals surface area contributed by atoms with Crippen LogP contribution < -0.4 is 0 Å². The predicted molar refractivity (Wildman–Crippen MR) is 29.0 cm³/mol. The Labute approximate surface area is 46.8 Å². The van der Waals surface area contributed by atoms with Gasteiger partial charge in [-0.1, -0.05) is 6.92 Å². The molecule has 0 aliphatic heterocycles. The van der Waals surface area contributed by atoms with Gasteiger partial charge in [-0.2, -0.15) is 0 Å². The predicted octanol–water partition coefficient (Wildman–Crippen LogP) is 2.39. The summed E-state index contributed by atoms with van der Waals surface area (Å²) >= 11 is 9.91. The highest BCUT2D eigenvalue weighted by atomic mass is 35.7. The summed E-state index contributed by atoms with van der Waals surface area (Å²) in [6, 6.07) is 0.274.